The zero-order valence-electron chi connectivity index (χ0n) is 13.6. The Hall–Kier alpha value is -1.56. The molecule has 2 fully saturated rings. The molecule has 0 aromatic heterocycles. The molecule has 130 valence electrons. The van der Waals surface area contributed by atoms with Crippen molar-refractivity contribution in [3.63, 3.8) is 0 Å². The van der Waals surface area contributed by atoms with E-state index in [0.717, 1.165) is 30.2 Å². The number of aliphatic carboxylic acids is 1. The Bertz CT molecular complexity index is 622. The third kappa shape index (κ3) is 3.91. The molecular formula is C18H23BrN2O3. The van der Waals surface area contributed by atoms with Gasteiger partial charge in [-0.3, -0.25) is 4.79 Å². The van der Waals surface area contributed by atoms with Gasteiger partial charge in [0.05, 0.1) is 5.92 Å². The summed E-state index contributed by atoms with van der Waals surface area (Å²) in [6.07, 6.45) is 4.92. The van der Waals surface area contributed by atoms with Crippen molar-refractivity contribution in [2.45, 2.75) is 50.0 Å². The van der Waals surface area contributed by atoms with Gasteiger partial charge in [-0.15, -0.1) is 0 Å². The van der Waals surface area contributed by atoms with Crippen molar-refractivity contribution in [2.24, 2.45) is 5.92 Å². The fraction of sp³-hybridized carbons (Fsp3) is 0.556. The summed E-state index contributed by atoms with van der Waals surface area (Å²) in [6.45, 7) is 0.631. The standard InChI is InChI=1S/C18H23BrN2O3/c19-15-4-2-1-3-14(15)18(9-10-18)11-20-17(24)21-13-7-5-12(6-8-13)16(22)23/h1-4,12-13H,5-11H2,(H,22,23)(H2,20,21,24). The van der Waals surface area contributed by atoms with E-state index in [2.05, 4.69) is 32.6 Å². The molecule has 0 bridgehead atoms. The summed E-state index contributed by atoms with van der Waals surface area (Å²) in [5.74, 6) is -0.974. The van der Waals surface area contributed by atoms with Crippen LogP contribution in [0, 0.1) is 5.92 Å². The molecule has 0 aliphatic heterocycles. The normalized spacial score (nSPS) is 24.9. The SMILES string of the molecule is O=C(NCC1(c2ccccc2Br)CC1)NC1CCC(C(=O)O)CC1. The number of hydrogen-bond acceptors (Lipinski definition) is 2. The summed E-state index contributed by atoms with van der Waals surface area (Å²) in [4.78, 5) is 23.1. The Morgan fingerprint density at radius 1 is 1.17 bits per heavy atom. The van der Waals surface area contributed by atoms with E-state index in [4.69, 9.17) is 5.11 Å². The second-order valence-corrected chi connectivity index (χ2v) is 7.83. The first-order valence-electron chi connectivity index (χ1n) is 8.52. The quantitative estimate of drug-likeness (QED) is 0.715. The molecule has 3 rings (SSSR count). The van der Waals surface area contributed by atoms with Gasteiger partial charge in [0.2, 0.25) is 0 Å². The van der Waals surface area contributed by atoms with E-state index in [0.29, 0.717) is 19.4 Å². The molecule has 24 heavy (non-hydrogen) atoms. The second kappa shape index (κ2) is 7.13. The Morgan fingerprint density at radius 3 is 2.42 bits per heavy atom. The highest BCUT2D eigenvalue weighted by molar-refractivity contribution is 9.10. The van der Waals surface area contributed by atoms with E-state index >= 15 is 0 Å². The molecule has 0 heterocycles. The van der Waals surface area contributed by atoms with Gasteiger partial charge < -0.3 is 15.7 Å². The number of halogens is 1. The van der Waals surface area contributed by atoms with Gasteiger partial charge in [-0.1, -0.05) is 34.1 Å². The molecule has 3 N–H and O–H groups in total. The van der Waals surface area contributed by atoms with Crippen LogP contribution in [0.5, 0.6) is 0 Å². The Labute approximate surface area is 150 Å². The van der Waals surface area contributed by atoms with Gasteiger partial charge in [0, 0.05) is 22.5 Å². The number of benzene rings is 1. The van der Waals surface area contributed by atoms with Crippen LogP contribution in [0.1, 0.15) is 44.1 Å². The second-order valence-electron chi connectivity index (χ2n) is 6.97. The van der Waals surface area contributed by atoms with Crippen LogP contribution >= 0.6 is 15.9 Å². The third-order valence-corrected chi connectivity index (χ3v) is 5.99. The van der Waals surface area contributed by atoms with Crippen molar-refractivity contribution in [3.8, 4) is 0 Å². The number of rotatable bonds is 5. The third-order valence-electron chi connectivity index (χ3n) is 5.30. The predicted octanol–water partition coefficient (Wildman–Crippen LogP) is 3.42. The van der Waals surface area contributed by atoms with E-state index in [-0.39, 0.29) is 23.4 Å². The molecule has 0 saturated heterocycles. The first kappa shape index (κ1) is 17.3. The number of hydrogen-bond donors (Lipinski definition) is 3. The topological polar surface area (TPSA) is 78.4 Å². The fourth-order valence-electron chi connectivity index (χ4n) is 3.55. The van der Waals surface area contributed by atoms with E-state index in [1.807, 2.05) is 18.2 Å². The molecular weight excluding hydrogens is 372 g/mol. The maximum atomic E-state index is 12.2. The average Bonchev–Trinajstić information content (AvgIpc) is 3.35. The summed E-state index contributed by atoms with van der Waals surface area (Å²) in [5, 5.41) is 15.0. The number of nitrogens with one attached hydrogen (secondary N) is 2. The van der Waals surface area contributed by atoms with Crippen LogP contribution in [0.4, 0.5) is 4.79 Å². The van der Waals surface area contributed by atoms with Gasteiger partial charge in [-0.25, -0.2) is 4.79 Å². The number of carboxylic acid groups (broad SMARTS) is 1. The molecule has 2 saturated carbocycles. The van der Waals surface area contributed by atoms with Gasteiger partial charge in [0.25, 0.3) is 0 Å². The molecule has 0 spiro atoms. The first-order chi connectivity index (χ1) is 11.5. The predicted molar refractivity (Wildman–Crippen MR) is 95.0 cm³/mol. The zero-order chi connectivity index (χ0) is 17.2. The van der Waals surface area contributed by atoms with Crippen LogP contribution < -0.4 is 10.6 Å². The molecule has 0 unspecified atom stereocenters. The maximum absolute atomic E-state index is 12.2. The van der Waals surface area contributed by atoms with Gasteiger partial charge >= 0.3 is 12.0 Å². The number of carbonyl (C=O) groups is 2. The lowest BCUT2D eigenvalue weighted by Gasteiger charge is -2.27. The van der Waals surface area contributed by atoms with Crippen molar-refractivity contribution in [1.29, 1.82) is 0 Å². The smallest absolute Gasteiger partial charge is 0.315 e. The average molecular weight is 395 g/mol. The minimum Gasteiger partial charge on any atom is -0.481 e. The largest absolute Gasteiger partial charge is 0.481 e. The lowest BCUT2D eigenvalue weighted by atomic mass is 9.86. The highest BCUT2D eigenvalue weighted by Crippen LogP contribution is 2.49. The fourth-order valence-corrected chi connectivity index (χ4v) is 4.26. The van der Waals surface area contributed by atoms with Crippen molar-refractivity contribution in [1.82, 2.24) is 10.6 Å². The molecule has 2 aliphatic rings. The van der Waals surface area contributed by atoms with E-state index < -0.39 is 5.97 Å². The Kier molecular flexibility index (Phi) is 5.13. The number of carbonyl (C=O) groups excluding carboxylic acids is 1. The molecule has 6 heteroatoms. The van der Waals surface area contributed by atoms with Crippen molar-refractivity contribution in [3.05, 3.63) is 34.3 Å². The molecule has 1 aromatic rings. The Morgan fingerprint density at radius 2 is 1.83 bits per heavy atom. The number of carboxylic acids is 1. The zero-order valence-corrected chi connectivity index (χ0v) is 15.1. The lowest BCUT2D eigenvalue weighted by Crippen LogP contribution is -2.46. The van der Waals surface area contributed by atoms with Gasteiger partial charge in [0.15, 0.2) is 0 Å². The first-order valence-corrected chi connectivity index (χ1v) is 9.32. The maximum Gasteiger partial charge on any atom is 0.315 e. The molecule has 1 aromatic carbocycles. The van der Waals surface area contributed by atoms with Gasteiger partial charge in [0.1, 0.15) is 0 Å². The van der Waals surface area contributed by atoms with Gasteiger partial charge in [-0.05, 0) is 50.2 Å². The summed E-state index contributed by atoms with van der Waals surface area (Å²) >= 11 is 3.60. The molecule has 0 radical (unpaired) electrons. The van der Waals surface area contributed by atoms with Crippen LogP contribution in [-0.2, 0) is 10.2 Å². The highest BCUT2D eigenvalue weighted by atomic mass is 79.9. The summed E-state index contributed by atoms with van der Waals surface area (Å²) in [7, 11) is 0. The van der Waals surface area contributed by atoms with Crippen LogP contribution in [0.2, 0.25) is 0 Å². The summed E-state index contributed by atoms with van der Waals surface area (Å²) in [5.41, 5.74) is 1.31. The van der Waals surface area contributed by atoms with Crippen LogP contribution in [-0.4, -0.2) is 29.7 Å². The van der Waals surface area contributed by atoms with Crippen molar-refractivity contribution >= 4 is 27.9 Å². The molecule has 0 atom stereocenters. The van der Waals surface area contributed by atoms with Crippen LogP contribution in [0.3, 0.4) is 0 Å². The van der Waals surface area contributed by atoms with E-state index in [9.17, 15) is 9.59 Å². The monoisotopic (exact) mass is 394 g/mol. The highest BCUT2D eigenvalue weighted by Gasteiger charge is 2.45. The van der Waals surface area contributed by atoms with E-state index in [1.54, 1.807) is 0 Å². The van der Waals surface area contributed by atoms with Crippen LogP contribution in [0.15, 0.2) is 28.7 Å². The lowest BCUT2D eigenvalue weighted by molar-refractivity contribution is -0.142. The summed E-state index contributed by atoms with van der Waals surface area (Å²) in [6, 6.07) is 8.12. The van der Waals surface area contributed by atoms with Gasteiger partial charge in [-0.2, -0.15) is 0 Å². The molecule has 2 amide bonds. The van der Waals surface area contributed by atoms with Crippen LogP contribution in [0.25, 0.3) is 0 Å². The minimum absolute atomic E-state index is 0.0540. The van der Waals surface area contributed by atoms with E-state index in [1.165, 1.54) is 5.56 Å². The molecule has 2 aliphatic carbocycles. The molecule has 5 nitrogen and oxygen atoms in total. The van der Waals surface area contributed by atoms with Crippen molar-refractivity contribution < 1.29 is 14.7 Å². The Balaban J connectivity index is 1.47. The number of amides is 2. The minimum atomic E-state index is -0.720. The summed E-state index contributed by atoms with van der Waals surface area (Å²) < 4.78 is 1.09. The van der Waals surface area contributed by atoms with Crippen molar-refractivity contribution in [2.75, 3.05) is 6.54 Å². The number of urea groups is 1.